The second-order valence-electron chi connectivity index (χ2n) is 28.2. The number of ether oxygens (including phenoxy) is 5. The van der Waals surface area contributed by atoms with Gasteiger partial charge in [0.1, 0.15) is 58.5 Å². The van der Waals surface area contributed by atoms with E-state index in [2.05, 4.69) is 47.9 Å². The number of methoxy groups -OCH3 is 4. The highest BCUT2D eigenvalue weighted by Gasteiger charge is 2.52. The lowest BCUT2D eigenvalue weighted by atomic mass is 9.92. The van der Waals surface area contributed by atoms with Crippen LogP contribution >= 0.6 is 0 Å². The highest BCUT2D eigenvalue weighted by atomic mass is 16.6. The van der Waals surface area contributed by atoms with Gasteiger partial charge in [0.25, 0.3) is 0 Å². The van der Waals surface area contributed by atoms with Crippen LogP contribution in [0.15, 0.2) is 0 Å². The molecular formula is C63H111N9O15. The summed E-state index contributed by atoms with van der Waals surface area (Å²) in [7, 11) is 5.78. The Labute approximate surface area is 517 Å². The Balaban J connectivity index is 1.95. The number of amides is 9. The van der Waals surface area contributed by atoms with Crippen molar-refractivity contribution in [1.82, 2.24) is 47.9 Å². The van der Waals surface area contributed by atoms with E-state index in [-0.39, 0.29) is 119 Å². The average Bonchev–Trinajstić information content (AvgIpc) is 2.06. The normalized spacial score (nSPS) is 24.2. The number of rotatable bonds is 33. The van der Waals surface area contributed by atoms with E-state index in [4.69, 9.17) is 23.7 Å². The molecule has 0 unspecified atom stereocenters. The maximum Gasteiger partial charge on any atom is 0.408 e. The SMILES string of the molecule is COC(=O)[C@]1(NC(=O)[C@H](CC(C)C)NC(=O)[C@H](CC(C)C)NC(=O)[C@]2(NC(=O)[C@H](CC(C)C)NC(=O)[C@H](CC(C)C)NC(=O)[C@]3(NC(=O)[C@H](CC(C)C)NC(=O)[C@H](CC(C)C)NC(=O)OC(C)(C)C)CC[C@H](OC)C3)CC[C@H](OC)C2)CC[C@H](OC)C1. The summed E-state index contributed by atoms with van der Waals surface area (Å²) in [5.41, 5.74) is -5.42. The summed E-state index contributed by atoms with van der Waals surface area (Å²) in [6.07, 6.45) is 1.06. The summed E-state index contributed by atoms with van der Waals surface area (Å²) in [5.74, 6) is -6.46. The van der Waals surface area contributed by atoms with Gasteiger partial charge in [-0.25, -0.2) is 9.59 Å². The minimum absolute atomic E-state index is 0.0271. The lowest BCUT2D eigenvalue weighted by Crippen LogP contribution is -2.66. The summed E-state index contributed by atoms with van der Waals surface area (Å²) in [6, 6.07) is -6.91. The van der Waals surface area contributed by atoms with Gasteiger partial charge >= 0.3 is 12.1 Å². The van der Waals surface area contributed by atoms with E-state index in [0.29, 0.717) is 19.3 Å². The molecule has 87 heavy (non-hydrogen) atoms. The molecule has 0 bridgehead atoms. The van der Waals surface area contributed by atoms with E-state index < -0.39 is 130 Å². The molecule has 24 nitrogen and oxygen atoms in total. The molecule has 0 aliphatic heterocycles. The number of esters is 1. The Bertz CT molecular complexity index is 2340. The molecule has 9 amide bonds. The average molecular weight is 1230 g/mol. The van der Waals surface area contributed by atoms with Crippen molar-refractivity contribution in [1.29, 1.82) is 0 Å². The van der Waals surface area contributed by atoms with E-state index in [1.165, 1.54) is 28.4 Å². The van der Waals surface area contributed by atoms with Gasteiger partial charge in [-0.05, 0) is 133 Å². The smallest absolute Gasteiger partial charge is 0.408 e. The zero-order valence-corrected chi connectivity index (χ0v) is 55.9. The summed E-state index contributed by atoms with van der Waals surface area (Å²) in [6.45, 7) is 27.7. The number of carbonyl (C=O) groups is 10. The predicted octanol–water partition coefficient (Wildman–Crippen LogP) is 4.92. The molecule has 9 N–H and O–H groups in total. The van der Waals surface area contributed by atoms with Crippen molar-refractivity contribution >= 4 is 59.3 Å². The van der Waals surface area contributed by atoms with E-state index >= 15 is 0 Å². The quantitative estimate of drug-likeness (QED) is 0.0394. The lowest BCUT2D eigenvalue weighted by Gasteiger charge is -2.35. The van der Waals surface area contributed by atoms with Crippen LogP contribution in [0.3, 0.4) is 0 Å². The third kappa shape index (κ3) is 23.4. The van der Waals surface area contributed by atoms with Gasteiger partial charge in [-0.3, -0.25) is 38.4 Å². The Morgan fingerprint density at radius 2 is 0.632 bits per heavy atom. The number of nitrogens with one attached hydrogen (secondary N) is 9. The molecule has 0 aromatic carbocycles. The molecule has 0 radical (unpaired) electrons. The Hall–Kier alpha value is -5.62. The monoisotopic (exact) mass is 1230 g/mol. The number of alkyl carbamates (subject to hydrolysis) is 1. The maximum absolute atomic E-state index is 15.0. The predicted molar refractivity (Wildman–Crippen MR) is 328 cm³/mol. The van der Waals surface area contributed by atoms with Gasteiger partial charge in [0.15, 0.2) is 0 Å². The fourth-order valence-electron chi connectivity index (χ4n) is 11.9. The first kappa shape index (κ1) is 75.6. The van der Waals surface area contributed by atoms with Gasteiger partial charge in [-0.2, -0.15) is 0 Å². The molecule has 498 valence electrons. The van der Waals surface area contributed by atoms with Crippen LogP contribution < -0.4 is 47.9 Å². The van der Waals surface area contributed by atoms with Crippen molar-refractivity contribution in [3.63, 3.8) is 0 Å². The number of hydrogen-bond acceptors (Lipinski definition) is 15. The Kier molecular flexibility index (Phi) is 29.4. The van der Waals surface area contributed by atoms with Gasteiger partial charge in [0.05, 0.1) is 25.4 Å². The third-order valence-corrected chi connectivity index (χ3v) is 16.3. The van der Waals surface area contributed by atoms with Crippen LogP contribution in [0.1, 0.15) is 200 Å². The molecule has 12 atom stereocenters. The molecule has 0 saturated heterocycles. The van der Waals surface area contributed by atoms with E-state index in [0.717, 1.165) is 0 Å². The second-order valence-corrected chi connectivity index (χ2v) is 28.2. The fourth-order valence-corrected chi connectivity index (χ4v) is 11.9. The molecule has 3 fully saturated rings. The van der Waals surface area contributed by atoms with Crippen molar-refractivity contribution in [3.8, 4) is 0 Å². The standard InChI is InChI=1S/C63H111N9O15/c1-35(2)26-44(67-57(80)62(24-21-42(33-62)84-17)71-54(77)48(30-39(9)10)66-52(75)46(28-37(5)6)69-59(82)87-60(13,14)15)50(73)64-47(29-38(7)8)53(76)70-61(23-20-41(32-61)83-16)56(79)68-45(27-36(3)4)51(74)65-49(31-40(11)12)55(78)72-63(58(81)86-19)25-22-43(34-63)85-18/h35-49H,20-34H2,1-19H3,(H,64,73)(H,65,74)(H,66,75)(H,67,80)(H,68,79)(H,69,82)(H,70,76)(H,71,77)(H,72,78)/t41-,42-,43-,44-,45-,46-,47-,48-,49-,61-,62-,63-/m0/s1. The molecule has 3 saturated carbocycles. The van der Waals surface area contributed by atoms with Crippen molar-refractivity contribution in [2.24, 2.45) is 35.5 Å². The van der Waals surface area contributed by atoms with Crippen molar-refractivity contribution in [3.05, 3.63) is 0 Å². The molecule has 0 aromatic rings. The van der Waals surface area contributed by atoms with Crippen LogP contribution in [0.5, 0.6) is 0 Å². The van der Waals surface area contributed by atoms with Crippen LogP contribution in [0.25, 0.3) is 0 Å². The van der Waals surface area contributed by atoms with Crippen molar-refractivity contribution in [2.45, 2.75) is 277 Å². The Morgan fingerprint density at radius 1 is 0.379 bits per heavy atom. The first-order chi connectivity index (χ1) is 40.4. The summed E-state index contributed by atoms with van der Waals surface area (Å²) in [4.78, 5) is 143. The summed E-state index contributed by atoms with van der Waals surface area (Å²) < 4.78 is 27.5. The Morgan fingerprint density at radius 3 is 0.885 bits per heavy atom. The molecular weight excluding hydrogens is 1120 g/mol. The third-order valence-electron chi connectivity index (χ3n) is 16.3. The number of carbonyl (C=O) groups excluding carboxylic acids is 10. The second kappa shape index (κ2) is 33.8. The molecule has 0 spiro atoms. The van der Waals surface area contributed by atoms with E-state index in [1.54, 1.807) is 20.8 Å². The van der Waals surface area contributed by atoms with Crippen molar-refractivity contribution in [2.75, 3.05) is 28.4 Å². The number of hydrogen-bond donors (Lipinski definition) is 9. The molecule has 3 rings (SSSR count). The van der Waals surface area contributed by atoms with Gasteiger partial charge in [-0.15, -0.1) is 0 Å². The van der Waals surface area contributed by atoms with Crippen molar-refractivity contribution < 1.29 is 71.6 Å². The van der Waals surface area contributed by atoms with Gasteiger partial charge < -0.3 is 71.5 Å². The molecule has 0 aromatic heterocycles. The fraction of sp³-hybridized carbons (Fsp3) is 0.841. The largest absolute Gasteiger partial charge is 0.467 e. The maximum atomic E-state index is 15.0. The van der Waals surface area contributed by atoms with Crippen LogP contribution in [-0.2, 0) is 66.8 Å². The van der Waals surface area contributed by atoms with E-state index in [1.807, 2.05) is 83.1 Å². The first-order valence-electron chi connectivity index (χ1n) is 31.6. The van der Waals surface area contributed by atoms with Crippen LogP contribution in [0.2, 0.25) is 0 Å². The highest BCUT2D eigenvalue weighted by molar-refractivity contribution is 6.00. The van der Waals surface area contributed by atoms with Gasteiger partial charge in [0, 0.05) is 40.6 Å². The molecule has 24 heteroatoms. The highest BCUT2D eigenvalue weighted by Crippen LogP contribution is 2.36. The lowest BCUT2D eigenvalue weighted by molar-refractivity contribution is -0.151. The molecule has 3 aliphatic carbocycles. The zero-order chi connectivity index (χ0) is 65.9. The molecule has 0 heterocycles. The van der Waals surface area contributed by atoms with Crippen LogP contribution in [0, 0.1) is 35.5 Å². The molecule has 3 aliphatic rings. The van der Waals surface area contributed by atoms with Gasteiger partial charge in [0.2, 0.25) is 47.3 Å². The first-order valence-corrected chi connectivity index (χ1v) is 31.6. The summed E-state index contributed by atoms with van der Waals surface area (Å²) in [5, 5.41) is 26.0. The zero-order valence-electron chi connectivity index (χ0n) is 55.9. The van der Waals surface area contributed by atoms with E-state index in [9.17, 15) is 47.9 Å². The minimum Gasteiger partial charge on any atom is -0.467 e. The summed E-state index contributed by atoms with van der Waals surface area (Å²) >= 11 is 0. The minimum atomic E-state index is -1.62. The van der Waals surface area contributed by atoms with Crippen LogP contribution in [0.4, 0.5) is 4.79 Å². The topological polar surface area (TPSA) is 325 Å². The van der Waals surface area contributed by atoms with Crippen LogP contribution in [-0.4, -0.2) is 165 Å². The van der Waals surface area contributed by atoms with Gasteiger partial charge in [-0.1, -0.05) is 83.1 Å².